The van der Waals surface area contributed by atoms with Crippen molar-refractivity contribution in [2.24, 2.45) is 0 Å². The monoisotopic (exact) mass is 231 g/mol. The molecule has 17 heavy (non-hydrogen) atoms. The van der Waals surface area contributed by atoms with Crippen LogP contribution in [-0.4, -0.2) is 23.8 Å². The van der Waals surface area contributed by atoms with Crippen molar-refractivity contribution in [1.82, 2.24) is 4.90 Å². The number of piperidine rings is 1. The molecular weight excluding hydrogens is 210 g/mol. The minimum absolute atomic E-state index is 0.128. The van der Waals surface area contributed by atoms with E-state index in [1.807, 2.05) is 0 Å². The standard InChI is InChI=1S/C15H21NO/c1-12-6-7-13(2)14(9-12)10-16-8-4-3-5-15(16)11-17/h6-7,9,11,15H,3-5,8,10H2,1-2H3. The Labute approximate surface area is 104 Å². The predicted octanol–water partition coefficient (Wildman–Crippen LogP) is 2.86. The zero-order valence-electron chi connectivity index (χ0n) is 10.8. The van der Waals surface area contributed by atoms with E-state index < -0.39 is 0 Å². The van der Waals surface area contributed by atoms with Crippen LogP contribution in [0.3, 0.4) is 0 Å². The van der Waals surface area contributed by atoms with Gasteiger partial charge in [-0.3, -0.25) is 4.90 Å². The van der Waals surface area contributed by atoms with Gasteiger partial charge in [-0.05, 0) is 44.4 Å². The van der Waals surface area contributed by atoms with E-state index in [2.05, 4.69) is 36.9 Å². The molecule has 0 N–H and O–H groups in total. The predicted molar refractivity (Wildman–Crippen MR) is 70.0 cm³/mol. The topological polar surface area (TPSA) is 20.3 Å². The number of aldehydes is 1. The van der Waals surface area contributed by atoms with Crippen LogP contribution in [0.1, 0.15) is 36.0 Å². The lowest BCUT2D eigenvalue weighted by atomic mass is 10.00. The van der Waals surface area contributed by atoms with E-state index in [4.69, 9.17) is 0 Å². The average molecular weight is 231 g/mol. The van der Waals surface area contributed by atoms with E-state index in [9.17, 15) is 4.79 Å². The molecule has 2 heteroatoms. The Balaban J connectivity index is 2.13. The number of benzene rings is 1. The van der Waals surface area contributed by atoms with E-state index in [1.165, 1.54) is 29.5 Å². The number of aryl methyl sites for hydroxylation is 2. The van der Waals surface area contributed by atoms with Crippen LogP contribution >= 0.6 is 0 Å². The fourth-order valence-electron chi connectivity index (χ4n) is 2.56. The number of carbonyl (C=O) groups is 1. The first-order chi connectivity index (χ1) is 8.20. The SMILES string of the molecule is Cc1ccc(C)c(CN2CCCCC2C=O)c1. The number of hydrogen-bond acceptors (Lipinski definition) is 2. The lowest BCUT2D eigenvalue weighted by Crippen LogP contribution is -2.40. The molecule has 1 atom stereocenters. The summed E-state index contributed by atoms with van der Waals surface area (Å²) in [5.74, 6) is 0. The highest BCUT2D eigenvalue weighted by molar-refractivity contribution is 5.57. The van der Waals surface area contributed by atoms with Gasteiger partial charge in [0.1, 0.15) is 6.29 Å². The molecule has 1 aliphatic rings. The van der Waals surface area contributed by atoms with Crippen LogP contribution in [0.25, 0.3) is 0 Å². The Morgan fingerprint density at radius 3 is 2.94 bits per heavy atom. The number of nitrogens with zero attached hydrogens (tertiary/aromatic N) is 1. The van der Waals surface area contributed by atoms with Gasteiger partial charge < -0.3 is 4.79 Å². The summed E-state index contributed by atoms with van der Waals surface area (Å²) in [6.07, 6.45) is 4.54. The summed E-state index contributed by atoms with van der Waals surface area (Å²) < 4.78 is 0. The maximum Gasteiger partial charge on any atom is 0.137 e. The molecule has 2 nitrogen and oxygen atoms in total. The van der Waals surface area contributed by atoms with Crippen molar-refractivity contribution < 1.29 is 4.79 Å². The first-order valence-electron chi connectivity index (χ1n) is 6.46. The van der Waals surface area contributed by atoms with Crippen LogP contribution in [0.15, 0.2) is 18.2 Å². The number of likely N-dealkylation sites (tertiary alicyclic amines) is 1. The molecule has 1 aromatic rings. The highest BCUT2D eigenvalue weighted by Gasteiger charge is 2.21. The van der Waals surface area contributed by atoms with Crippen LogP contribution in [0.2, 0.25) is 0 Å². The minimum Gasteiger partial charge on any atom is -0.302 e. The molecule has 0 bridgehead atoms. The highest BCUT2D eigenvalue weighted by Crippen LogP contribution is 2.20. The molecule has 92 valence electrons. The normalized spacial score (nSPS) is 21.4. The van der Waals surface area contributed by atoms with Gasteiger partial charge in [-0.25, -0.2) is 0 Å². The lowest BCUT2D eigenvalue weighted by molar-refractivity contribution is -0.113. The third kappa shape index (κ3) is 2.95. The third-order valence-electron chi connectivity index (χ3n) is 3.70. The van der Waals surface area contributed by atoms with Gasteiger partial charge in [0.05, 0.1) is 6.04 Å². The van der Waals surface area contributed by atoms with E-state index in [0.717, 1.165) is 25.8 Å². The highest BCUT2D eigenvalue weighted by atomic mass is 16.1. The minimum atomic E-state index is 0.128. The Kier molecular flexibility index (Phi) is 3.95. The molecule has 0 spiro atoms. The van der Waals surface area contributed by atoms with Gasteiger partial charge >= 0.3 is 0 Å². The lowest BCUT2D eigenvalue weighted by Gasteiger charge is -2.32. The largest absolute Gasteiger partial charge is 0.302 e. The second kappa shape index (κ2) is 5.46. The first kappa shape index (κ1) is 12.3. The van der Waals surface area contributed by atoms with Gasteiger partial charge in [0.25, 0.3) is 0 Å². The van der Waals surface area contributed by atoms with Crippen LogP contribution in [-0.2, 0) is 11.3 Å². The summed E-state index contributed by atoms with van der Waals surface area (Å²) in [4.78, 5) is 13.4. The first-order valence-corrected chi connectivity index (χ1v) is 6.46. The Morgan fingerprint density at radius 2 is 2.18 bits per heavy atom. The second-order valence-corrected chi connectivity index (χ2v) is 5.10. The van der Waals surface area contributed by atoms with Gasteiger partial charge in [0.15, 0.2) is 0 Å². The molecule has 1 fully saturated rings. The van der Waals surface area contributed by atoms with Gasteiger partial charge in [-0.15, -0.1) is 0 Å². The molecule has 0 saturated carbocycles. The Bertz CT molecular complexity index is 400. The number of carbonyl (C=O) groups excluding carboxylic acids is 1. The zero-order chi connectivity index (χ0) is 12.3. The van der Waals surface area contributed by atoms with Gasteiger partial charge in [0.2, 0.25) is 0 Å². The Hall–Kier alpha value is -1.15. The van der Waals surface area contributed by atoms with Crippen molar-refractivity contribution in [3.63, 3.8) is 0 Å². The summed E-state index contributed by atoms with van der Waals surface area (Å²) in [5, 5.41) is 0. The van der Waals surface area contributed by atoms with Crippen molar-refractivity contribution in [3.05, 3.63) is 34.9 Å². The molecule has 1 heterocycles. The van der Waals surface area contributed by atoms with Gasteiger partial charge in [-0.2, -0.15) is 0 Å². The molecule has 1 aromatic carbocycles. The molecule has 0 aliphatic carbocycles. The summed E-state index contributed by atoms with van der Waals surface area (Å²) >= 11 is 0. The fourth-order valence-corrected chi connectivity index (χ4v) is 2.56. The van der Waals surface area contributed by atoms with Crippen LogP contribution < -0.4 is 0 Å². The summed E-state index contributed by atoms with van der Waals surface area (Å²) in [7, 11) is 0. The maximum absolute atomic E-state index is 11.1. The smallest absolute Gasteiger partial charge is 0.137 e. The molecule has 1 saturated heterocycles. The quantitative estimate of drug-likeness (QED) is 0.746. The van der Waals surface area contributed by atoms with E-state index in [-0.39, 0.29) is 6.04 Å². The van der Waals surface area contributed by atoms with Gasteiger partial charge in [0, 0.05) is 6.54 Å². The Morgan fingerprint density at radius 1 is 1.35 bits per heavy atom. The second-order valence-electron chi connectivity index (χ2n) is 5.10. The molecular formula is C15H21NO. The number of hydrogen-bond donors (Lipinski definition) is 0. The van der Waals surface area contributed by atoms with Crippen molar-refractivity contribution in [1.29, 1.82) is 0 Å². The molecule has 2 rings (SSSR count). The summed E-state index contributed by atoms with van der Waals surface area (Å²) in [6.45, 7) is 6.23. The van der Waals surface area contributed by atoms with Gasteiger partial charge in [-0.1, -0.05) is 30.2 Å². The van der Waals surface area contributed by atoms with E-state index >= 15 is 0 Å². The van der Waals surface area contributed by atoms with Crippen molar-refractivity contribution >= 4 is 6.29 Å². The molecule has 0 aromatic heterocycles. The van der Waals surface area contributed by atoms with Crippen LogP contribution in [0.5, 0.6) is 0 Å². The van der Waals surface area contributed by atoms with E-state index in [0.29, 0.717) is 0 Å². The molecule has 0 amide bonds. The van der Waals surface area contributed by atoms with Crippen LogP contribution in [0, 0.1) is 13.8 Å². The third-order valence-corrected chi connectivity index (χ3v) is 3.70. The molecule has 0 radical (unpaired) electrons. The fraction of sp³-hybridized carbons (Fsp3) is 0.533. The maximum atomic E-state index is 11.1. The van der Waals surface area contributed by atoms with Crippen molar-refractivity contribution in [3.8, 4) is 0 Å². The zero-order valence-corrected chi connectivity index (χ0v) is 10.8. The van der Waals surface area contributed by atoms with E-state index in [1.54, 1.807) is 0 Å². The number of rotatable bonds is 3. The summed E-state index contributed by atoms with van der Waals surface area (Å²) in [5.41, 5.74) is 3.98. The van der Waals surface area contributed by atoms with Crippen LogP contribution in [0.4, 0.5) is 0 Å². The molecule has 1 unspecified atom stereocenters. The van der Waals surface area contributed by atoms with Crippen molar-refractivity contribution in [2.45, 2.75) is 45.7 Å². The average Bonchev–Trinajstić information content (AvgIpc) is 2.34. The summed E-state index contributed by atoms with van der Waals surface area (Å²) in [6, 6.07) is 6.69. The molecule has 1 aliphatic heterocycles. The van der Waals surface area contributed by atoms with Crippen molar-refractivity contribution in [2.75, 3.05) is 6.54 Å².